The van der Waals surface area contributed by atoms with E-state index >= 15 is 0 Å². The third-order valence-corrected chi connectivity index (χ3v) is 5.31. The summed E-state index contributed by atoms with van der Waals surface area (Å²) in [5, 5.41) is 5.78. The summed E-state index contributed by atoms with van der Waals surface area (Å²) in [7, 11) is 1.58. The maximum Gasteiger partial charge on any atom is 0.256 e. The smallest absolute Gasteiger partial charge is 0.256 e. The highest BCUT2D eigenvalue weighted by Gasteiger charge is 2.14. The van der Waals surface area contributed by atoms with Gasteiger partial charge in [0.15, 0.2) is 0 Å². The van der Waals surface area contributed by atoms with Crippen LogP contribution in [0.15, 0.2) is 77.7 Å². The molecular formula is C23H22N2O3S. The van der Waals surface area contributed by atoms with Crippen LogP contribution in [-0.4, -0.2) is 24.7 Å². The zero-order valence-electron chi connectivity index (χ0n) is 16.3. The Morgan fingerprint density at radius 3 is 2.48 bits per heavy atom. The molecule has 0 fully saturated rings. The molecule has 0 aliphatic rings. The van der Waals surface area contributed by atoms with Crippen molar-refractivity contribution >= 4 is 35.0 Å². The van der Waals surface area contributed by atoms with E-state index in [4.69, 9.17) is 4.74 Å². The fourth-order valence-corrected chi connectivity index (χ4v) is 3.57. The molecule has 0 radical (unpaired) electrons. The Hall–Kier alpha value is -3.25. The van der Waals surface area contributed by atoms with E-state index in [2.05, 4.69) is 10.6 Å². The van der Waals surface area contributed by atoms with E-state index in [1.54, 1.807) is 25.3 Å². The molecule has 3 rings (SSSR count). The molecule has 3 aromatic rings. The molecule has 6 heteroatoms. The van der Waals surface area contributed by atoms with Crippen molar-refractivity contribution in [3.05, 3.63) is 83.9 Å². The number of ether oxygens (including phenoxy) is 1. The minimum atomic E-state index is -0.199. The molecule has 29 heavy (non-hydrogen) atoms. The number of thioether (sulfide) groups is 1. The first kappa shape index (κ1) is 20.5. The number of carbonyl (C=O) groups is 2. The van der Waals surface area contributed by atoms with Gasteiger partial charge >= 0.3 is 0 Å². The summed E-state index contributed by atoms with van der Waals surface area (Å²) in [6, 6.07) is 22.1. The third kappa shape index (κ3) is 5.62. The van der Waals surface area contributed by atoms with Crippen LogP contribution >= 0.6 is 11.8 Å². The van der Waals surface area contributed by atoms with Gasteiger partial charge in [-0.15, -0.1) is 11.8 Å². The number of amides is 2. The Morgan fingerprint density at radius 1 is 0.931 bits per heavy atom. The zero-order chi connectivity index (χ0) is 20.6. The van der Waals surface area contributed by atoms with Crippen LogP contribution in [0.1, 0.15) is 15.9 Å². The van der Waals surface area contributed by atoms with Crippen LogP contribution in [0.3, 0.4) is 0 Å². The number of nitrogens with one attached hydrogen (secondary N) is 2. The second kappa shape index (κ2) is 9.80. The van der Waals surface area contributed by atoms with Gasteiger partial charge in [-0.05, 0) is 42.8 Å². The van der Waals surface area contributed by atoms with Gasteiger partial charge in [-0.25, -0.2) is 0 Å². The van der Waals surface area contributed by atoms with Crippen molar-refractivity contribution in [2.75, 3.05) is 23.5 Å². The molecule has 0 heterocycles. The molecule has 5 nitrogen and oxygen atoms in total. The van der Waals surface area contributed by atoms with Gasteiger partial charge in [0.05, 0.1) is 18.4 Å². The number of hydrogen-bond donors (Lipinski definition) is 2. The van der Waals surface area contributed by atoms with Crippen LogP contribution in [0.4, 0.5) is 11.4 Å². The highest BCUT2D eigenvalue weighted by Crippen LogP contribution is 2.25. The summed E-state index contributed by atoms with van der Waals surface area (Å²) in [5.74, 6) is 0.507. The first-order valence-corrected chi connectivity index (χ1v) is 10.1. The summed E-state index contributed by atoms with van der Waals surface area (Å²) >= 11 is 1.32. The molecule has 0 spiro atoms. The number of hydrogen-bond acceptors (Lipinski definition) is 4. The molecule has 3 aromatic carbocycles. The quantitative estimate of drug-likeness (QED) is 0.543. The number of para-hydroxylation sites is 1. The predicted octanol–water partition coefficient (Wildman–Crippen LogP) is 4.99. The van der Waals surface area contributed by atoms with Crippen molar-refractivity contribution in [2.24, 2.45) is 0 Å². The van der Waals surface area contributed by atoms with E-state index in [1.165, 1.54) is 11.8 Å². The fraction of sp³-hybridized carbons (Fsp3) is 0.130. The first-order chi connectivity index (χ1) is 14.1. The lowest BCUT2D eigenvalue weighted by Gasteiger charge is -2.12. The van der Waals surface area contributed by atoms with Crippen LogP contribution < -0.4 is 15.4 Å². The molecule has 0 aliphatic heterocycles. The topological polar surface area (TPSA) is 67.4 Å². The zero-order valence-corrected chi connectivity index (χ0v) is 17.1. The van der Waals surface area contributed by atoms with E-state index in [0.717, 1.165) is 16.1 Å². The van der Waals surface area contributed by atoms with Gasteiger partial charge in [0.1, 0.15) is 5.75 Å². The second-order valence-electron chi connectivity index (χ2n) is 6.33. The van der Waals surface area contributed by atoms with Crippen LogP contribution in [0.5, 0.6) is 5.75 Å². The van der Waals surface area contributed by atoms with Crippen molar-refractivity contribution in [3.63, 3.8) is 0 Å². The summed E-state index contributed by atoms with van der Waals surface area (Å²) in [4.78, 5) is 25.8. The Morgan fingerprint density at radius 2 is 1.69 bits per heavy atom. The Bertz CT molecular complexity index is 1020. The fourth-order valence-electron chi connectivity index (χ4n) is 2.72. The number of rotatable bonds is 7. The molecule has 0 aliphatic carbocycles. The van der Waals surface area contributed by atoms with E-state index in [1.807, 2.05) is 61.5 Å². The highest BCUT2D eigenvalue weighted by atomic mass is 32.2. The van der Waals surface area contributed by atoms with Crippen LogP contribution in [-0.2, 0) is 4.79 Å². The monoisotopic (exact) mass is 406 g/mol. The molecular weight excluding hydrogens is 384 g/mol. The normalized spacial score (nSPS) is 10.3. The van der Waals surface area contributed by atoms with Gasteiger partial charge in [-0.1, -0.05) is 36.4 Å². The summed E-state index contributed by atoms with van der Waals surface area (Å²) in [6.07, 6.45) is 0. The molecule has 0 saturated carbocycles. The van der Waals surface area contributed by atoms with Gasteiger partial charge in [-0.2, -0.15) is 0 Å². The summed E-state index contributed by atoms with van der Waals surface area (Å²) in [5.41, 5.74) is 2.96. The predicted molar refractivity (Wildman–Crippen MR) is 118 cm³/mol. The van der Waals surface area contributed by atoms with Crippen molar-refractivity contribution in [3.8, 4) is 5.75 Å². The molecule has 148 valence electrons. The Balaban J connectivity index is 1.65. The lowest BCUT2D eigenvalue weighted by molar-refractivity contribution is -0.113. The van der Waals surface area contributed by atoms with E-state index < -0.39 is 0 Å². The van der Waals surface area contributed by atoms with Crippen molar-refractivity contribution < 1.29 is 14.3 Å². The number of carbonyl (C=O) groups excluding carboxylic acids is 2. The number of anilines is 2. The SMILES string of the molecule is COc1cccc(NC(=O)CSc2ccccc2C(=O)Nc2ccccc2C)c1. The van der Waals surface area contributed by atoms with E-state index in [0.29, 0.717) is 17.0 Å². The van der Waals surface area contributed by atoms with E-state index in [-0.39, 0.29) is 17.6 Å². The molecule has 2 amide bonds. The van der Waals surface area contributed by atoms with Gasteiger partial charge in [0.25, 0.3) is 5.91 Å². The largest absolute Gasteiger partial charge is 0.497 e. The van der Waals surface area contributed by atoms with E-state index in [9.17, 15) is 9.59 Å². The van der Waals surface area contributed by atoms with Gasteiger partial charge in [0, 0.05) is 22.3 Å². The minimum absolute atomic E-state index is 0.155. The lowest BCUT2D eigenvalue weighted by Crippen LogP contribution is -2.16. The molecule has 0 saturated heterocycles. The molecule has 2 N–H and O–H groups in total. The average Bonchev–Trinajstić information content (AvgIpc) is 2.74. The molecule has 0 bridgehead atoms. The van der Waals surface area contributed by atoms with Crippen LogP contribution in [0.25, 0.3) is 0 Å². The number of aryl methyl sites for hydroxylation is 1. The van der Waals surface area contributed by atoms with Crippen molar-refractivity contribution in [1.82, 2.24) is 0 Å². The van der Waals surface area contributed by atoms with Gasteiger partial charge in [-0.3, -0.25) is 9.59 Å². The Kier molecular flexibility index (Phi) is 6.92. The van der Waals surface area contributed by atoms with Crippen LogP contribution in [0, 0.1) is 6.92 Å². The maximum atomic E-state index is 12.8. The highest BCUT2D eigenvalue weighted by molar-refractivity contribution is 8.00. The Labute approximate surface area is 174 Å². The van der Waals surface area contributed by atoms with Crippen molar-refractivity contribution in [2.45, 2.75) is 11.8 Å². The third-order valence-electron chi connectivity index (χ3n) is 4.24. The number of methoxy groups -OCH3 is 1. The second-order valence-corrected chi connectivity index (χ2v) is 7.35. The molecule has 0 atom stereocenters. The first-order valence-electron chi connectivity index (χ1n) is 9.09. The lowest BCUT2D eigenvalue weighted by atomic mass is 10.1. The maximum absolute atomic E-state index is 12.8. The number of benzene rings is 3. The van der Waals surface area contributed by atoms with Crippen LogP contribution in [0.2, 0.25) is 0 Å². The van der Waals surface area contributed by atoms with Crippen molar-refractivity contribution in [1.29, 1.82) is 0 Å². The van der Waals surface area contributed by atoms with Gasteiger partial charge < -0.3 is 15.4 Å². The minimum Gasteiger partial charge on any atom is -0.497 e. The average molecular weight is 407 g/mol. The standard InChI is InChI=1S/C23H22N2O3S/c1-16-8-3-5-12-20(16)25-23(27)19-11-4-6-13-21(19)29-15-22(26)24-17-9-7-10-18(14-17)28-2/h3-14H,15H2,1-2H3,(H,24,26)(H,25,27). The summed E-state index contributed by atoms with van der Waals surface area (Å²) < 4.78 is 5.16. The molecule has 0 unspecified atom stereocenters. The molecule has 0 aromatic heterocycles. The van der Waals surface area contributed by atoms with Gasteiger partial charge in [0.2, 0.25) is 5.91 Å². The summed E-state index contributed by atoms with van der Waals surface area (Å²) in [6.45, 7) is 1.94.